The fourth-order valence-electron chi connectivity index (χ4n) is 1.55. The van der Waals surface area contributed by atoms with E-state index in [2.05, 4.69) is 4.98 Å². The number of aromatic nitrogens is 2. The molecule has 2 heterocycles. The van der Waals surface area contributed by atoms with Crippen LogP contribution >= 0.6 is 11.3 Å². The van der Waals surface area contributed by atoms with Crippen molar-refractivity contribution in [2.24, 2.45) is 13.0 Å². The predicted octanol–water partition coefficient (Wildman–Crippen LogP) is 2.18. The van der Waals surface area contributed by atoms with Crippen molar-refractivity contribution < 1.29 is 9.59 Å². The minimum Gasteiger partial charge on any atom is -0.332 e. The van der Waals surface area contributed by atoms with Crippen molar-refractivity contribution in [1.82, 2.24) is 9.55 Å². The zero-order valence-electron chi connectivity index (χ0n) is 9.58. The minimum absolute atomic E-state index is 0.145. The summed E-state index contributed by atoms with van der Waals surface area (Å²) in [6, 6.07) is 3.53. The number of aryl methyl sites for hydroxylation is 1. The summed E-state index contributed by atoms with van der Waals surface area (Å²) < 4.78 is 1.63. The van der Waals surface area contributed by atoms with Crippen LogP contribution in [-0.2, 0) is 7.05 Å². The second kappa shape index (κ2) is 4.63. The Bertz CT molecular complexity index is 543. The molecular formula is C12H12N2O2S. The molecule has 0 N–H and O–H groups in total. The molecule has 2 aromatic rings. The lowest BCUT2D eigenvalue weighted by atomic mass is 9.99. The molecule has 17 heavy (non-hydrogen) atoms. The summed E-state index contributed by atoms with van der Waals surface area (Å²) in [7, 11) is 1.74. The highest BCUT2D eigenvalue weighted by molar-refractivity contribution is 7.12. The largest absolute Gasteiger partial charge is 0.332 e. The third kappa shape index (κ3) is 2.19. The molecular weight excluding hydrogens is 236 g/mol. The van der Waals surface area contributed by atoms with Gasteiger partial charge >= 0.3 is 0 Å². The number of thiophene rings is 1. The average Bonchev–Trinajstić information content (AvgIpc) is 2.96. The molecule has 0 aromatic carbocycles. The number of nitrogens with zero attached hydrogens (tertiary/aromatic N) is 2. The lowest BCUT2D eigenvalue weighted by molar-refractivity contribution is 0.0815. The van der Waals surface area contributed by atoms with Gasteiger partial charge in [0.1, 0.15) is 0 Å². The quantitative estimate of drug-likeness (QED) is 0.615. The number of carbonyl (C=O) groups excluding carboxylic acids is 2. The molecule has 2 rings (SSSR count). The molecule has 0 saturated heterocycles. The fourth-order valence-corrected chi connectivity index (χ4v) is 2.30. The number of Topliss-reactive ketones (excluding diaryl/α,β-unsaturated/α-hetero) is 2. The molecule has 0 aliphatic carbocycles. The van der Waals surface area contributed by atoms with Gasteiger partial charge < -0.3 is 4.57 Å². The molecule has 88 valence electrons. The first kappa shape index (κ1) is 11.7. The summed E-state index contributed by atoms with van der Waals surface area (Å²) in [4.78, 5) is 28.6. The lowest BCUT2D eigenvalue weighted by Crippen LogP contribution is -2.23. The van der Waals surface area contributed by atoms with Gasteiger partial charge in [0.25, 0.3) is 0 Å². The molecule has 2 aromatic heterocycles. The summed E-state index contributed by atoms with van der Waals surface area (Å²) in [5, 5.41) is 1.82. The molecule has 0 saturated carbocycles. The number of hydrogen-bond acceptors (Lipinski definition) is 4. The smallest absolute Gasteiger partial charge is 0.208 e. The first-order valence-corrected chi connectivity index (χ1v) is 6.08. The number of ketones is 2. The van der Waals surface area contributed by atoms with Gasteiger partial charge in [0.15, 0.2) is 11.6 Å². The van der Waals surface area contributed by atoms with E-state index in [1.54, 1.807) is 43.1 Å². The van der Waals surface area contributed by atoms with Gasteiger partial charge in [0, 0.05) is 19.4 Å². The van der Waals surface area contributed by atoms with E-state index in [0.717, 1.165) is 0 Å². The van der Waals surface area contributed by atoms with E-state index in [1.807, 2.05) is 5.38 Å². The molecule has 0 bridgehead atoms. The maximum Gasteiger partial charge on any atom is 0.208 e. The molecule has 0 aliphatic heterocycles. The van der Waals surface area contributed by atoms with Crippen LogP contribution in [0.4, 0.5) is 0 Å². The van der Waals surface area contributed by atoms with Gasteiger partial charge in [-0.3, -0.25) is 9.59 Å². The van der Waals surface area contributed by atoms with Crippen molar-refractivity contribution >= 4 is 22.9 Å². The summed E-state index contributed by atoms with van der Waals surface area (Å²) >= 11 is 1.35. The Balaban J connectivity index is 2.21. The zero-order chi connectivity index (χ0) is 12.4. The van der Waals surface area contributed by atoms with E-state index in [9.17, 15) is 9.59 Å². The molecule has 1 atom stereocenters. The Morgan fingerprint density at radius 3 is 2.71 bits per heavy atom. The van der Waals surface area contributed by atoms with Gasteiger partial charge in [-0.1, -0.05) is 6.07 Å². The van der Waals surface area contributed by atoms with Crippen LogP contribution in [0.2, 0.25) is 0 Å². The highest BCUT2D eigenvalue weighted by atomic mass is 32.1. The van der Waals surface area contributed by atoms with Gasteiger partial charge in [-0.25, -0.2) is 4.98 Å². The van der Waals surface area contributed by atoms with Crippen LogP contribution in [0.5, 0.6) is 0 Å². The van der Waals surface area contributed by atoms with Crippen molar-refractivity contribution in [3.63, 3.8) is 0 Å². The monoisotopic (exact) mass is 248 g/mol. The second-order valence-electron chi connectivity index (χ2n) is 3.79. The molecule has 0 radical (unpaired) electrons. The van der Waals surface area contributed by atoms with Crippen molar-refractivity contribution in [2.45, 2.75) is 6.92 Å². The second-order valence-corrected chi connectivity index (χ2v) is 4.74. The van der Waals surface area contributed by atoms with Crippen LogP contribution in [-0.4, -0.2) is 21.1 Å². The van der Waals surface area contributed by atoms with Gasteiger partial charge in [-0.15, -0.1) is 11.3 Å². The van der Waals surface area contributed by atoms with Gasteiger partial charge in [-0.05, 0) is 18.4 Å². The number of rotatable bonds is 4. The van der Waals surface area contributed by atoms with E-state index in [1.165, 1.54) is 11.3 Å². The van der Waals surface area contributed by atoms with Crippen molar-refractivity contribution in [2.75, 3.05) is 0 Å². The van der Waals surface area contributed by atoms with E-state index >= 15 is 0 Å². The van der Waals surface area contributed by atoms with E-state index in [0.29, 0.717) is 10.7 Å². The summed E-state index contributed by atoms with van der Waals surface area (Å²) in [5.41, 5.74) is 0. The average molecular weight is 248 g/mol. The topological polar surface area (TPSA) is 52.0 Å². The molecule has 1 unspecified atom stereocenters. The van der Waals surface area contributed by atoms with Crippen LogP contribution in [0.25, 0.3) is 0 Å². The SMILES string of the molecule is CC(C(=O)c1cccs1)C(=O)c1nccn1C. The molecule has 0 amide bonds. The molecule has 5 heteroatoms. The first-order valence-electron chi connectivity index (χ1n) is 5.20. The van der Waals surface area contributed by atoms with E-state index < -0.39 is 5.92 Å². The molecule has 4 nitrogen and oxygen atoms in total. The Hall–Kier alpha value is -1.75. The molecule has 0 spiro atoms. The van der Waals surface area contributed by atoms with Crippen LogP contribution in [0.3, 0.4) is 0 Å². The third-order valence-electron chi connectivity index (χ3n) is 2.59. The Labute approximate surface area is 103 Å². The highest BCUT2D eigenvalue weighted by Crippen LogP contribution is 2.17. The standard InChI is InChI=1S/C12H12N2O2S/c1-8(10(15)9-4-3-7-17-9)11(16)12-13-5-6-14(12)2/h3-8H,1-2H3. The van der Waals surface area contributed by atoms with E-state index in [-0.39, 0.29) is 11.6 Å². The van der Waals surface area contributed by atoms with Crippen LogP contribution in [0.15, 0.2) is 29.9 Å². The fraction of sp³-hybridized carbons (Fsp3) is 0.250. The Morgan fingerprint density at radius 2 is 2.18 bits per heavy atom. The highest BCUT2D eigenvalue weighted by Gasteiger charge is 2.26. The minimum atomic E-state index is -0.685. The predicted molar refractivity (Wildman–Crippen MR) is 65.4 cm³/mol. The third-order valence-corrected chi connectivity index (χ3v) is 3.48. The number of carbonyl (C=O) groups is 2. The van der Waals surface area contributed by atoms with Gasteiger partial charge in [0.05, 0.1) is 10.8 Å². The number of imidazole rings is 1. The van der Waals surface area contributed by atoms with Gasteiger partial charge in [0.2, 0.25) is 5.78 Å². The van der Waals surface area contributed by atoms with Crippen LogP contribution in [0.1, 0.15) is 27.2 Å². The van der Waals surface area contributed by atoms with Crippen LogP contribution in [0, 0.1) is 5.92 Å². The zero-order valence-corrected chi connectivity index (χ0v) is 10.4. The Kier molecular flexibility index (Phi) is 3.19. The summed E-state index contributed by atoms with van der Waals surface area (Å²) in [6.07, 6.45) is 3.24. The van der Waals surface area contributed by atoms with Crippen molar-refractivity contribution in [3.05, 3.63) is 40.6 Å². The van der Waals surface area contributed by atoms with Crippen molar-refractivity contribution in [1.29, 1.82) is 0 Å². The maximum absolute atomic E-state index is 12.1. The summed E-state index contributed by atoms with van der Waals surface area (Å²) in [5.74, 6) is -0.749. The first-order chi connectivity index (χ1) is 8.11. The summed E-state index contributed by atoms with van der Waals surface area (Å²) in [6.45, 7) is 1.62. The van der Waals surface area contributed by atoms with Gasteiger partial charge in [-0.2, -0.15) is 0 Å². The van der Waals surface area contributed by atoms with Crippen LogP contribution < -0.4 is 0 Å². The molecule has 0 aliphatic rings. The number of hydrogen-bond donors (Lipinski definition) is 0. The van der Waals surface area contributed by atoms with E-state index in [4.69, 9.17) is 0 Å². The normalized spacial score (nSPS) is 12.4. The lowest BCUT2D eigenvalue weighted by Gasteiger charge is -2.07. The maximum atomic E-state index is 12.1. The van der Waals surface area contributed by atoms with Crippen molar-refractivity contribution in [3.8, 4) is 0 Å². The Morgan fingerprint density at radius 1 is 1.41 bits per heavy atom. The molecule has 0 fully saturated rings.